The van der Waals surface area contributed by atoms with Crippen LogP contribution in [0.15, 0.2) is 36.7 Å². The van der Waals surface area contributed by atoms with E-state index in [9.17, 15) is 13.9 Å². The second kappa shape index (κ2) is 6.58. The van der Waals surface area contributed by atoms with Crippen LogP contribution in [0.4, 0.5) is 8.78 Å². The molecule has 2 N–H and O–H groups in total. The van der Waals surface area contributed by atoms with E-state index in [1.807, 2.05) is 19.2 Å². The van der Waals surface area contributed by atoms with Crippen molar-refractivity contribution in [1.82, 2.24) is 15.1 Å². The minimum Gasteiger partial charge on any atom is -0.387 e. The van der Waals surface area contributed by atoms with Gasteiger partial charge in [0.25, 0.3) is 0 Å². The highest BCUT2D eigenvalue weighted by atomic mass is 19.1. The molecule has 2 rings (SSSR count). The second-order valence-corrected chi connectivity index (χ2v) is 4.72. The molecule has 1 heterocycles. The summed E-state index contributed by atoms with van der Waals surface area (Å²) in [6, 6.07) is 4.92. The molecule has 0 spiro atoms. The van der Waals surface area contributed by atoms with Gasteiger partial charge < -0.3 is 10.4 Å². The molecule has 0 amide bonds. The Morgan fingerprint density at radius 1 is 1.40 bits per heavy atom. The van der Waals surface area contributed by atoms with Crippen molar-refractivity contribution in [2.75, 3.05) is 6.54 Å². The molecule has 0 unspecified atom stereocenters. The number of hydrogen-bond acceptors (Lipinski definition) is 3. The van der Waals surface area contributed by atoms with Crippen molar-refractivity contribution in [3.8, 4) is 0 Å². The van der Waals surface area contributed by atoms with Crippen molar-refractivity contribution in [3.05, 3.63) is 53.9 Å². The lowest BCUT2D eigenvalue weighted by molar-refractivity contribution is 0.164. The van der Waals surface area contributed by atoms with E-state index in [1.54, 1.807) is 10.9 Å². The van der Waals surface area contributed by atoms with E-state index in [0.717, 1.165) is 18.2 Å². The first-order chi connectivity index (χ1) is 9.56. The van der Waals surface area contributed by atoms with Gasteiger partial charge in [-0.2, -0.15) is 5.10 Å². The summed E-state index contributed by atoms with van der Waals surface area (Å²) in [6.45, 7) is 2.70. The number of benzene rings is 1. The van der Waals surface area contributed by atoms with E-state index in [1.165, 1.54) is 0 Å². The van der Waals surface area contributed by atoms with E-state index in [0.29, 0.717) is 6.54 Å². The maximum absolute atomic E-state index is 13.5. The first-order valence-corrected chi connectivity index (χ1v) is 6.40. The summed E-state index contributed by atoms with van der Waals surface area (Å²) >= 11 is 0. The zero-order valence-electron chi connectivity index (χ0n) is 11.1. The van der Waals surface area contributed by atoms with Crippen LogP contribution in [0.3, 0.4) is 0 Å². The maximum Gasteiger partial charge on any atom is 0.129 e. The Balaban J connectivity index is 1.88. The Morgan fingerprint density at radius 2 is 2.20 bits per heavy atom. The van der Waals surface area contributed by atoms with Gasteiger partial charge in [-0.3, -0.25) is 4.68 Å². The summed E-state index contributed by atoms with van der Waals surface area (Å²) in [5.41, 5.74) is -0.0382. The van der Waals surface area contributed by atoms with Gasteiger partial charge in [0.2, 0.25) is 0 Å². The topological polar surface area (TPSA) is 50.1 Å². The Hall–Kier alpha value is -1.79. The van der Waals surface area contributed by atoms with E-state index < -0.39 is 17.7 Å². The molecule has 0 aliphatic heterocycles. The number of aliphatic hydroxyl groups is 1. The fourth-order valence-electron chi connectivity index (χ4n) is 1.95. The predicted octanol–water partition coefficient (Wildman–Crippen LogP) is 1.87. The lowest BCUT2D eigenvalue weighted by atomic mass is 10.1. The molecule has 0 saturated carbocycles. The number of aromatic nitrogens is 2. The Bertz CT molecular complexity index is 545. The first-order valence-electron chi connectivity index (χ1n) is 6.40. The number of aliphatic hydroxyl groups excluding tert-OH is 1. The molecular formula is C14H17F2N3O. The monoisotopic (exact) mass is 281 g/mol. The predicted molar refractivity (Wildman–Crippen MR) is 71.0 cm³/mol. The molecule has 2 atom stereocenters. The average molecular weight is 281 g/mol. The largest absolute Gasteiger partial charge is 0.387 e. The quantitative estimate of drug-likeness (QED) is 0.850. The summed E-state index contributed by atoms with van der Waals surface area (Å²) in [7, 11) is 0. The molecule has 20 heavy (non-hydrogen) atoms. The van der Waals surface area contributed by atoms with E-state index >= 15 is 0 Å². The maximum atomic E-state index is 13.5. The van der Waals surface area contributed by atoms with E-state index in [2.05, 4.69) is 10.4 Å². The van der Waals surface area contributed by atoms with Gasteiger partial charge in [-0.1, -0.05) is 0 Å². The molecule has 0 aliphatic rings. The van der Waals surface area contributed by atoms with Crippen LogP contribution in [0.1, 0.15) is 18.6 Å². The number of nitrogens with zero attached hydrogens (tertiary/aromatic N) is 2. The molecule has 4 nitrogen and oxygen atoms in total. The second-order valence-electron chi connectivity index (χ2n) is 4.72. The molecule has 0 fully saturated rings. The molecule has 2 aromatic rings. The van der Waals surface area contributed by atoms with Crippen LogP contribution in [-0.2, 0) is 6.54 Å². The molecule has 0 bridgehead atoms. The zero-order valence-corrected chi connectivity index (χ0v) is 11.1. The van der Waals surface area contributed by atoms with E-state index in [-0.39, 0.29) is 18.2 Å². The van der Waals surface area contributed by atoms with Gasteiger partial charge in [0.1, 0.15) is 11.6 Å². The van der Waals surface area contributed by atoms with Crippen LogP contribution in [-0.4, -0.2) is 27.5 Å². The lowest BCUT2D eigenvalue weighted by Crippen LogP contribution is -2.34. The first kappa shape index (κ1) is 14.6. The fraction of sp³-hybridized carbons (Fsp3) is 0.357. The van der Waals surface area contributed by atoms with Crippen LogP contribution in [0.25, 0.3) is 0 Å². The van der Waals surface area contributed by atoms with Crippen molar-refractivity contribution in [2.45, 2.75) is 25.6 Å². The molecule has 0 aliphatic carbocycles. The smallest absolute Gasteiger partial charge is 0.129 e. The molecule has 108 valence electrons. The standard InChI is InChI=1S/C14H17F2N3O/c1-10(9-19-6-2-5-18-19)17-8-14(20)12-7-11(15)3-4-13(12)16/h2-7,10,14,17,20H,8-9H2,1H3/t10-,14-/m0/s1. The minimum absolute atomic E-state index is 0.0382. The zero-order chi connectivity index (χ0) is 14.5. The lowest BCUT2D eigenvalue weighted by Gasteiger charge is -2.18. The van der Waals surface area contributed by atoms with Crippen LogP contribution in [0, 0.1) is 11.6 Å². The number of nitrogens with one attached hydrogen (secondary N) is 1. The van der Waals surface area contributed by atoms with Crippen LogP contribution in [0.5, 0.6) is 0 Å². The van der Waals surface area contributed by atoms with Gasteiger partial charge in [0, 0.05) is 30.5 Å². The third-order valence-corrected chi connectivity index (χ3v) is 3.00. The highest BCUT2D eigenvalue weighted by Crippen LogP contribution is 2.17. The van der Waals surface area contributed by atoms with Crippen LogP contribution >= 0.6 is 0 Å². The van der Waals surface area contributed by atoms with Crippen molar-refractivity contribution < 1.29 is 13.9 Å². The van der Waals surface area contributed by atoms with Crippen LogP contribution in [0.2, 0.25) is 0 Å². The van der Waals surface area contributed by atoms with Crippen LogP contribution < -0.4 is 5.32 Å². The number of hydrogen-bond donors (Lipinski definition) is 2. The molecule has 0 saturated heterocycles. The van der Waals surface area contributed by atoms with E-state index in [4.69, 9.17) is 0 Å². The normalized spacial score (nSPS) is 14.2. The SMILES string of the molecule is C[C@@H](Cn1cccn1)NC[C@H](O)c1cc(F)ccc1F. The third-order valence-electron chi connectivity index (χ3n) is 3.00. The van der Waals surface area contributed by atoms with Gasteiger partial charge >= 0.3 is 0 Å². The third kappa shape index (κ3) is 3.85. The summed E-state index contributed by atoms with van der Waals surface area (Å²) in [5.74, 6) is -1.18. The summed E-state index contributed by atoms with van der Waals surface area (Å²) in [5, 5.41) is 17.0. The Kier molecular flexibility index (Phi) is 4.81. The van der Waals surface area contributed by atoms with Gasteiger partial charge in [-0.15, -0.1) is 0 Å². The minimum atomic E-state index is -1.09. The number of rotatable bonds is 6. The summed E-state index contributed by atoms with van der Waals surface area (Å²) in [6.07, 6.45) is 2.43. The van der Waals surface area contributed by atoms with Gasteiger partial charge in [-0.05, 0) is 31.2 Å². The van der Waals surface area contributed by atoms with Crippen molar-refractivity contribution >= 4 is 0 Å². The van der Waals surface area contributed by atoms with Gasteiger partial charge in [0.15, 0.2) is 0 Å². The fourth-order valence-corrected chi connectivity index (χ4v) is 1.95. The van der Waals surface area contributed by atoms with Crippen molar-refractivity contribution in [2.24, 2.45) is 0 Å². The van der Waals surface area contributed by atoms with Gasteiger partial charge in [-0.25, -0.2) is 8.78 Å². The Morgan fingerprint density at radius 3 is 2.90 bits per heavy atom. The summed E-state index contributed by atoms with van der Waals surface area (Å²) in [4.78, 5) is 0. The number of halogens is 2. The highest BCUT2D eigenvalue weighted by Gasteiger charge is 2.15. The summed E-state index contributed by atoms with van der Waals surface area (Å²) < 4.78 is 28.3. The average Bonchev–Trinajstić information content (AvgIpc) is 2.91. The molecule has 1 aromatic heterocycles. The molecule has 1 aromatic carbocycles. The van der Waals surface area contributed by atoms with Crippen molar-refractivity contribution in [3.63, 3.8) is 0 Å². The molecule has 0 radical (unpaired) electrons. The highest BCUT2D eigenvalue weighted by molar-refractivity contribution is 5.21. The molecular weight excluding hydrogens is 264 g/mol. The van der Waals surface area contributed by atoms with Crippen molar-refractivity contribution in [1.29, 1.82) is 0 Å². The molecule has 6 heteroatoms. The van der Waals surface area contributed by atoms with Gasteiger partial charge in [0.05, 0.1) is 12.6 Å². The Labute approximate surface area is 116 Å².